The number of ether oxygens (including phenoxy) is 3. The van der Waals surface area contributed by atoms with E-state index in [-0.39, 0.29) is 84.4 Å². The summed E-state index contributed by atoms with van der Waals surface area (Å²) in [4.78, 5) is 163. The van der Waals surface area contributed by atoms with Crippen molar-refractivity contribution < 1.29 is 56.1 Å². The first-order chi connectivity index (χ1) is 51.3. The zero-order valence-corrected chi connectivity index (χ0v) is 61.4. The van der Waals surface area contributed by atoms with E-state index < -0.39 is 99.9 Å². The first-order valence-corrected chi connectivity index (χ1v) is 35.8. The minimum Gasteiger partial charge on any atom is -0.496 e. The standard InChI is InChI=1S/C23H21FN6O5S.C22H19FN6O5S.C13H12N6O3S.C9H8BrFO2/c1-12-18-20(33)29(15-6-9-27(2)19(15)32)23(34)28(22(18)36-21(12)30-25-7-8-26-30)11-16(31)14-10-13(24)4-5-17(14)35-3;1-11-17-19(32)28(14-5-6-24-18(14)31)22(33)27(21(17)35-20(11)29-25-7-8-26-29)10-15(30)13-9-12(23)3-4-16(13)34-2;1-6-8-10(23-12(6)19-15-4-5-16-19)17-13(22)18(11(8)21)7-2-3-14-9(7)20;1-13-9-3-2-6(11)4-7(9)8(12)5-10/h4-5,7-8,10,15H,6,9,11H2,1-3H3;3-4,7-9,14H,5-6,10H2,1-2H3,(H,24,31);4-5,7H,2-3H2,1H3,(H,14,20)(H,17,22);2-4H,5H2,1H3/t15-;14-;7-;/m000./s1. The number of amides is 3. The van der Waals surface area contributed by atoms with Crippen molar-refractivity contribution in [1.82, 2.24) is 88.3 Å². The molecule has 0 radical (unpaired) electrons. The highest BCUT2D eigenvalue weighted by atomic mass is 79.9. The molecular weight excluding hydrogens is 1530 g/mol. The largest absolute Gasteiger partial charge is 0.496 e. The molecule has 107 heavy (non-hydrogen) atoms. The van der Waals surface area contributed by atoms with Gasteiger partial charge in [-0.25, -0.2) is 41.3 Å². The fraction of sp³-hybridized carbons (Fsp3) is 0.284. The Labute approximate surface area is 618 Å². The van der Waals surface area contributed by atoms with Crippen molar-refractivity contribution >= 4 is 116 Å². The number of rotatable bonds is 17. The van der Waals surface area contributed by atoms with Gasteiger partial charge >= 0.3 is 17.1 Å². The van der Waals surface area contributed by atoms with Crippen LogP contribution >= 0.6 is 49.9 Å². The molecule has 9 aromatic heterocycles. The van der Waals surface area contributed by atoms with Gasteiger partial charge in [-0.05, 0) is 94.6 Å². The van der Waals surface area contributed by atoms with Gasteiger partial charge in [0.05, 0.1) is 110 Å². The van der Waals surface area contributed by atoms with Crippen LogP contribution in [-0.2, 0) is 27.5 Å². The van der Waals surface area contributed by atoms with E-state index in [0.717, 1.165) is 69.8 Å². The minimum atomic E-state index is -1.00. The van der Waals surface area contributed by atoms with Gasteiger partial charge in [0.25, 0.3) is 16.7 Å². The van der Waals surface area contributed by atoms with Crippen LogP contribution in [0.1, 0.15) is 85.2 Å². The lowest BCUT2D eigenvalue weighted by Crippen LogP contribution is -2.44. The maximum Gasteiger partial charge on any atom is 0.333 e. The number of carbonyl (C=O) groups excluding carboxylic acids is 6. The monoisotopic (exact) mass is 1590 g/mol. The molecule has 15 rings (SSSR count). The van der Waals surface area contributed by atoms with E-state index in [2.05, 4.69) is 62.1 Å². The van der Waals surface area contributed by atoms with Crippen LogP contribution in [-0.4, -0.2) is 166 Å². The molecule has 0 unspecified atom stereocenters. The number of nitrogens with zero attached hydrogens (tertiary/aromatic N) is 15. The van der Waals surface area contributed by atoms with Gasteiger partial charge in [-0.2, -0.15) is 30.6 Å². The van der Waals surface area contributed by atoms with Crippen molar-refractivity contribution in [2.75, 3.05) is 53.3 Å². The number of alkyl halides is 1. The number of thiophene rings is 3. The third-order valence-electron chi connectivity index (χ3n) is 17.7. The third kappa shape index (κ3) is 14.2. The van der Waals surface area contributed by atoms with Crippen LogP contribution < -0.4 is 58.6 Å². The summed E-state index contributed by atoms with van der Waals surface area (Å²) in [6.45, 7) is 5.31. The van der Waals surface area contributed by atoms with Crippen molar-refractivity contribution in [2.24, 2.45) is 0 Å². The Balaban J connectivity index is 0.000000141. The number of hydrogen-bond donors (Lipinski definition) is 3. The Morgan fingerprint density at radius 1 is 0.505 bits per heavy atom. The van der Waals surface area contributed by atoms with Crippen molar-refractivity contribution in [3.8, 4) is 32.3 Å². The van der Waals surface area contributed by atoms with Gasteiger partial charge in [0.2, 0.25) is 17.7 Å². The number of aromatic amines is 1. The molecule has 3 N–H and O–H groups in total. The Hall–Kier alpha value is -11.9. The molecule has 12 heterocycles. The molecule has 0 aliphatic carbocycles. The Kier molecular flexibility index (Phi) is 21.7. The molecule has 3 fully saturated rings. The molecule has 40 heteroatoms. The first kappa shape index (κ1) is 74.8. The normalized spacial score (nSPS) is 15.4. The molecule has 33 nitrogen and oxygen atoms in total. The molecule has 3 saturated heterocycles. The Bertz CT molecular complexity index is 5940. The zero-order valence-electron chi connectivity index (χ0n) is 57.3. The van der Waals surface area contributed by atoms with Crippen LogP contribution in [0.4, 0.5) is 13.2 Å². The second kappa shape index (κ2) is 31.0. The van der Waals surface area contributed by atoms with E-state index >= 15 is 0 Å². The topological polar surface area (TPSA) is 392 Å². The number of benzene rings is 3. The lowest BCUT2D eigenvalue weighted by Gasteiger charge is -2.16. The van der Waals surface area contributed by atoms with Gasteiger partial charge < -0.3 is 29.7 Å². The summed E-state index contributed by atoms with van der Waals surface area (Å²) >= 11 is 6.38. The number of fused-ring (bicyclic) bond motifs is 3. The summed E-state index contributed by atoms with van der Waals surface area (Å²) in [6, 6.07) is 8.13. The summed E-state index contributed by atoms with van der Waals surface area (Å²) in [5.74, 6) is -3.54. The number of hydrogen-bond acceptors (Lipinski definition) is 24. The van der Waals surface area contributed by atoms with E-state index in [1.807, 2.05) is 0 Å². The molecule has 12 aromatic rings. The van der Waals surface area contributed by atoms with Crippen LogP contribution in [0.25, 0.3) is 45.7 Å². The zero-order chi connectivity index (χ0) is 76.6. The molecule has 554 valence electrons. The van der Waals surface area contributed by atoms with Crippen molar-refractivity contribution in [2.45, 2.75) is 71.2 Å². The van der Waals surface area contributed by atoms with E-state index in [4.69, 9.17) is 14.2 Å². The lowest BCUT2D eigenvalue weighted by molar-refractivity contribution is -0.129. The molecule has 3 atom stereocenters. The highest BCUT2D eigenvalue weighted by Gasteiger charge is 2.37. The second-order valence-corrected chi connectivity index (χ2v) is 27.5. The molecule has 0 saturated carbocycles. The number of nitrogens with one attached hydrogen (secondary N) is 3. The smallest absolute Gasteiger partial charge is 0.333 e. The van der Waals surface area contributed by atoms with Crippen LogP contribution in [0, 0.1) is 38.2 Å². The third-order valence-corrected chi connectivity index (χ3v) is 22.0. The van der Waals surface area contributed by atoms with Crippen LogP contribution in [0.5, 0.6) is 17.2 Å². The van der Waals surface area contributed by atoms with Crippen molar-refractivity contribution in [1.29, 1.82) is 0 Å². The summed E-state index contributed by atoms with van der Waals surface area (Å²) < 4.78 is 61.0. The summed E-state index contributed by atoms with van der Waals surface area (Å²) in [7, 11) is 5.74. The highest BCUT2D eigenvalue weighted by Crippen LogP contribution is 2.35. The van der Waals surface area contributed by atoms with E-state index in [0.29, 0.717) is 73.7 Å². The van der Waals surface area contributed by atoms with E-state index in [9.17, 15) is 70.7 Å². The van der Waals surface area contributed by atoms with Crippen LogP contribution in [0.3, 0.4) is 0 Å². The molecule has 3 aliphatic heterocycles. The van der Waals surface area contributed by atoms with E-state index in [1.165, 1.54) is 119 Å². The number of carbonyl (C=O) groups is 6. The fourth-order valence-corrected chi connectivity index (χ4v) is 16.3. The number of likely N-dealkylation sites (N-methyl/N-ethyl adjacent to an activating group) is 1. The Morgan fingerprint density at radius 2 is 0.869 bits per heavy atom. The number of aromatic nitrogens is 15. The molecule has 0 spiro atoms. The number of ketones is 3. The summed E-state index contributed by atoms with van der Waals surface area (Å²) in [5, 5.41) is 32.4. The van der Waals surface area contributed by atoms with Gasteiger partial charge in [0, 0.05) is 43.4 Å². The number of Topliss-reactive ketones (excluding diaryl/α,β-unsaturated/α-hetero) is 3. The average Bonchev–Trinajstić information content (AvgIpc) is 1.60. The van der Waals surface area contributed by atoms with Gasteiger partial charge in [0.1, 0.15) is 82.3 Å². The van der Waals surface area contributed by atoms with Gasteiger partial charge in [0.15, 0.2) is 17.3 Å². The van der Waals surface area contributed by atoms with E-state index in [1.54, 1.807) is 27.8 Å². The number of methoxy groups -OCH3 is 3. The first-order valence-electron chi connectivity index (χ1n) is 32.2. The number of halogens is 4. The highest BCUT2D eigenvalue weighted by molar-refractivity contribution is 9.09. The van der Waals surface area contributed by atoms with Crippen LogP contribution in [0.2, 0.25) is 0 Å². The van der Waals surface area contributed by atoms with Crippen LogP contribution in [0.15, 0.2) is 121 Å². The molecule has 3 amide bonds. The van der Waals surface area contributed by atoms with Gasteiger partial charge in [-0.3, -0.25) is 57.3 Å². The SMILES string of the molecule is COc1ccc(F)cc1C(=O)CBr.COc1ccc(F)cc1C(=O)Cn1c(=O)n([C@H]2CCN(C)C2=O)c(=O)c2c(C)c(-n3nccn3)sc21.COc1ccc(F)cc1C(=O)Cn1c(=O)n([C@H]2CCNC2=O)c(=O)c2c(C)c(-n3nccn3)sc21.Cc1c(-n2nccn2)sc2[nH]c(=O)n([C@H]3CCNC3=O)c(=O)c12. The minimum absolute atomic E-state index is 0.0470. The second-order valence-electron chi connectivity index (χ2n) is 24.0. The number of likely N-dealkylation sites (tertiary alicyclic amines) is 1. The summed E-state index contributed by atoms with van der Waals surface area (Å²) in [5.41, 5.74) is -2.05. The summed E-state index contributed by atoms with van der Waals surface area (Å²) in [6.07, 6.45) is 9.91. The maximum absolute atomic E-state index is 14.0. The average molecular weight is 1590 g/mol. The molecule has 3 aliphatic rings. The fourth-order valence-electron chi connectivity index (χ4n) is 12.5. The Morgan fingerprint density at radius 3 is 1.23 bits per heavy atom. The van der Waals surface area contributed by atoms with Crippen molar-refractivity contribution in [3.05, 3.63) is 205 Å². The maximum atomic E-state index is 14.0. The van der Waals surface area contributed by atoms with Gasteiger partial charge in [-0.15, -0.1) is 14.4 Å². The quantitative estimate of drug-likeness (QED) is 0.0808. The molecular formula is C67H60BrF3N18O15S3. The van der Waals surface area contributed by atoms with Gasteiger partial charge in [-0.1, -0.05) is 49.9 Å². The lowest BCUT2D eigenvalue weighted by atomic mass is 10.1. The number of aryl methyl sites for hydroxylation is 3. The predicted octanol–water partition coefficient (Wildman–Crippen LogP) is 4.87. The predicted molar refractivity (Wildman–Crippen MR) is 387 cm³/mol. The molecule has 3 aromatic carbocycles. The van der Waals surface area contributed by atoms with Crippen molar-refractivity contribution in [3.63, 3.8) is 0 Å². The number of H-pyrrole nitrogens is 1. The molecule has 0 bridgehead atoms.